The van der Waals surface area contributed by atoms with Gasteiger partial charge >= 0.3 is 0 Å². The Balaban J connectivity index is 1.51. The smallest absolute Gasteiger partial charge is 0.244 e. The molecule has 7 heteroatoms. The zero-order valence-corrected chi connectivity index (χ0v) is 17.9. The topological polar surface area (TPSA) is 61.9 Å². The highest BCUT2D eigenvalue weighted by atomic mass is 19.1. The molecule has 1 heterocycles. The maximum atomic E-state index is 13.2. The molecule has 1 atom stereocenters. The summed E-state index contributed by atoms with van der Waals surface area (Å²) in [6.07, 6.45) is 3.92. The van der Waals surface area contributed by atoms with Gasteiger partial charge in [0.05, 0.1) is 7.11 Å². The summed E-state index contributed by atoms with van der Waals surface area (Å²) in [5.74, 6) is 0.0591. The van der Waals surface area contributed by atoms with E-state index in [1.54, 1.807) is 37.1 Å². The molecule has 0 radical (unpaired) electrons. The predicted molar refractivity (Wildman–Crippen MR) is 119 cm³/mol. The monoisotopic (exact) mass is 425 g/mol. The van der Waals surface area contributed by atoms with Gasteiger partial charge in [0.2, 0.25) is 11.8 Å². The molecule has 1 aliphatic rings. The third-order valence-electron chi connectivity index (χ3n) is 5.27. The van der Waals surface area contributed by atoms with E-state index in [0.717, 1.165) is 30.0 Å². The maximum absolute atomic E-state index is 13.2. The van der Waals surface area contributed by atoms with E-state index in [4.69, 9.17) is 4.74 Å². The van der Waals surface area contributed by atoms with Crippen molar-refractivity contribution in [2.24, 2.45) is 0 Å². The van der Waals surface area contributed by atoms with E-state index in [-0.39, 0.29) is 17.6 Å². The van der Waals surface area contributed by atoms with Gasteiger partial charge in [-0.1, -0.05) is 12.1 Å². The average molecular weight is 426 g/mol. The van der Waals surface area contributed by atoms with Crippen LogP contribution in [-0.4, -0.2) is 56.0 Å². The van der Waals surface area contributed by atoms with E-state index in [1.807, 2.05) is 24.3 Å². The van der Waals surface area contributed by atoms with Gasteiger partial charge in [0.25, 0.3) is 0 Å². The molecule has 164 valence electrons. The van der Waals surface area contributed by atoms with E-state index in [9.17, 15) is 14.0 Å². The quantitative estimate of drug-likeness (QED) is 0.723. The predicted octanol–water partition coefficient (Wildman–Crippen LogP) is 3.09. The first-order chi connectivity index (χ1) is 15.0. The second-order valence-electron chi connectivity index (χ2n) is 7.48. The lowest BCUT2D eigenvalue weighted by Gasteiger charge is -2.25. The first-order valence-electron chi connectivity index (χ1n) is 10.4. The molecule has 0 aliphatic carbocycles. The van der Waals surface area contributed by atoms with Crippen molar-refractivity contribution in [1.29, 1.82) is 0 Å². The summed E-state index contributed by atoms with van der Waals surface area (Å²) in [4.78, 5) is 29.0. The van der Waals surface area contributed by atoms with Crippen LogP contribution in [0.5, 0.6) is 5.75 Å². The summed E-state index contributed by atoms with van der Waals surface area (Å²) in [6, 6.07) is 13.1. The number of carbonyl (C=O) groups is 2. The van der Waals surface area contributed by atoms with Crippen LogP contribution in [0.2, 0.25) is 0 Å². The Morgan fingerprint density at radius 1 is 1.03 bits per heavy atom. The number of amides is 2. The number of methoxy groups -OCH3 is 1. The number of nitrogens with one attached hydrogen (secondary N) is 1. The second-order valence-corrected chi connectivity index (χ2v) is 7.48. The van der Waals surface area contributed by atoms with E-state index in [2.05, 4.69) is 10.2 Å². The molecule has 1 aliphatic heterocycles. The minimum absolute atomic E-state index is 0.104. The summed E-state index contributed by atoms with van der Waals surface area (Å²) < 4.78 is 18.3. The highest BCUT2D eigenvalue weighted by Crippen LogP contribution is 2.17. The van der Waals surface area contributed by atoms with Crippen LogP contribution in [-0.2, 0) is 9.59 Å². The van der Waals surface area contributed by atoms with Crippen molar-refractivity contribution in [3.63, 3.8) is 0 Å². The molecule has 0 aromatic heterocycles. The van der Waals surface area contributed by atoms with Crippen LogP contribution < -0.4 is 15.0 Å². The van der Waals surface area contributed by atoms with Gasteiger partial charge in [-0.15, -0.1) is 0 Å². The van der Waals surface area contributed by atoms with Crippen LogP contribution >= 0.6 is 0 Å². The lowest BCUT2D eigenvalue weighted by Crippen LogP contribution is -2.47. The molecule has 0 saturated carbocycles. The molecule has 1 unspecified atom stereocenters. The first-order valence-corrected chi connectivity index (χ1v) is 10.4. The number of anilines is 1. The van der Waals surface area contributed by atoms with E-state index in [1.165, 1.54) is 18.2 Å². The Kier molecular flexibility index (Phi) is 7.65. The average Bonchev–Trinajstić information content (AvgIpc) is 3.04. The van der Waals surface area contributed by atoms with Crippen molar-refractivity contribution >= 4 is 23.6 Å². The Hall–Kier alpha value is -3.35. The van der Waals surface area contributed by atoms with Gasteiger partial charge in [0.1, 0.15) is 17.6 Å². The molecule has 1 saturated heterocycles. The van der Waals surface area contributed by atoms with Gasteiger partial charge in [-0.05, 0) is 61.4 Å². The molecule has 6 nitrogen and oxygen atoms in total. The van der Waals surface area contributed by atoms with Crippen LogP contribution in [0.3, 0.4) is 0 Å². The van der Waals surface area contributed by atoms with Gasteiger partial charge < -0.3 is 19.9 Å². The number of hydrogen-bond donors (Lipinski definition) is 1. The molecule has 31 heavy (non-hydrogen) atoms. The summed E-state index contributed by atoms with van der Waals surface area (Å²) in [6.45, 7) is 4.33. The van der Waals surface area contributed by atoms with Crippen molar-refractivity contribution in [1.82, 2.24) is 10.2 Å². The third kappa shape index (κ3) is 6.31. The number of carbonyl (C=O) groups excluding carboxylic acids is 2. The lowest BCUT2D eigenvalue weighted by atomic mass is 10.2. The molecule has 0 bridgehead atoms. The summed E-state index contributed by atoms with van der Waals surface area (Å²) in [5, 5.41) is 2.74. The van der Waals surface area contributed by atoms with Crippen molar-refractivity contribution in [2.75, 3.05) is 38.2 Å². The fourth-order valence-corrected chi connectivity index (χ4v) is 3.53. The van der Waals surface area contributed by atoms with Crippen LogP contribution in [0.1, 0.15) is 18.9 Å². The summed E-state index contributed by atoms with van der Waals surface area (Å²) in [5.41, 5.74) is 1.81. The molecular weight excluding hydrogens is 397 g/mol. The molecule has 1 N–H and O–H groups in total. The van der Waals surface area contributed by atoms with Crippen molar-refractivity contribution in [2.45, 2.75) is 19.4 Å². The molecule has 0 spiro atoms. The van der Waals surface area contributed by atoms with Crippen molar-refractivity contribution < 1.29 is 18.7 Å². The molecule has 2 aromatic carbocycles. The number of benzene rings is 2. The van der Waals surface area contributed by atoms with Gasteiger partial charge in [-0.2, -0.15) is 0 Å². The summed E-state index contributed by atoms with van der Waals surface area (Å²) >= 11 is 0. The van der Waals surface area contributed by atoms with Gasteiger partial charge in [-0.25, -0.2) is 4.39 Å². The highest BCUT2D eigenvalue weighted by Gasteiger charge is 2.24. The van der Waals surface area contributed by atoms with E-state index in [0.29, 0.717) is 19.6 Å². The maximum Gasteiger partial charge on any atom is 0.244 e. The zero-order chi connectivity index (χ0) is 22.2. The number of rotatable bonds is 6. The summed E-state index contributed by atoms with van der Waals surface area (Å²) in [7, 11) is 1.60. The second kappa shape index (κ2) is 10.6. The Morgan fingerprint density at radius 2 is 1.74 bits per heavy atom. The Bertz CT molecular complexity index is 913. The number of hydrogen-bond acceptors (Lipinski definition) is 4. The number of halogens is 1. The van der Waals surface area contributed by atoms with E-state index < -0.39 is 6.04 Å². The van der Waals surface area contributed by atoms with Crippen LogP contribution in [0.25, 0.3) is 6.08 Å². The molecule has 2 aromatic rings. The van der Waals surface area contributed by atoms with E-state index >= 15 is 0 Å². The van der Waals surface area contributed by atoms with Gasteiger partial charge in [-0.3, -0.25) is 9.59 Å². The largest absolute Gasteiger partial charge is 0.497 e. The first kappa shape index (κ1) is 22.3. The number of ether oxygens (including phenoxy) is 1. The normalized spacial score (nSPS) is 15.5. The lowest BCUT2D eigenvalue weighted by molar-refractivity contribution is -0.134. The van der Waals surface area contributed by atoms with Crippen LogP contribution in [0, 0.1) is 5.82 Å². The van der Waals surface area contributed by atoms with Gasteiger partial charge in [0.15, 0.2) is 0 Å². The number of nitrogens with zero attached hydrogens (tertiary/aromatic N) is 2. The van der Waals surface area contributed by atoms with Crippen LogP contribution in [0.15, 0.2) is 54.6 Å². The highest BCUT2D eigenvalue weighted by molar-refractivity contribution is 5.95. The zero-order valence-electron chi connectivity index (χ0n) is 17.9. The minimum Gasteiger partial charge on any atom is -0.497 e. The fourth-order valence-electron chi connectivity index (χ4n) is 3.53. The molecule has 3 rings (SSSR count). The molecular formula is C24H28FN3O3. The van der Waals surface area contributed by atoms with Crippen molar-refractivity contribution in [3.8, 4) is 5.75 Å². The van der Waals surface area contributed by atoms with Crippen molar-refractivity contribution in [3.05, 3.63) is 66.0 Å². The van der Waals surface area contributed by atoms with Crippen LogP contribution in [0.4, 0.5) is 10.1 Å². The third-order valence-corrected chi connectivity index (χ3v) is 5.27. The molecule has 1 fully saturated rings. The standard InChI is InChI=1S/C24H28FN3O3/c1-18(26-23(29)13-6-19-4-11-22(31-2)12-5-19)24(30)28-15-3-14-27(16-17-28)21-9-7-20(25)8-10-21/h4-13,18H,3,14-17H2,1-2H3,(H,26,29)/b13-6+. The Labute approximate surface area is 182 Å². The fraction of sp³-hybridized carbons (Fsp3) is 0.333. The molecule has 2 amide bonds. The Morgan fingerprint density at radius 3 is 2.42 bits per heavy atom. The minimum atomic E-state index is -0.620. The SMILES string of the molecule is COc1ccc(/C=C/C(=O)NC(C)C(=O)N2CCCN(c3ccc(F)cc3)CC2)cc1. The van der Waals surface area contributed by atoms with Gasteiger partial charge in [0, 0.05) is 37.9 Å².